The maximum Gasteiger partial charge on any atom is 0.445 e. The summed E-state index contributed by atoms with van der Waals surface area (Å²) in [6, 6.07) is 2.58. The summed E-state index contributed by atoms with van der Waals surface area (Å²) in [6.45, 7) is 0.0108. The van der Waals surface area contributed by atoms with Crippen LogP contribution >= 0.6 is 22.7 Å². The number of rotatable bonds is 3. The number of likely N-dealkylation sites (N-methyl/N-ethyl adjacent to an activating group) is 1. The molecule has 2 amide bonds. The number of hydrogen-bond donors (Lipinski definition) is 0. The quantitative estimate of drug-likeness (QED) is 0.768. The van der Waals surface area contributed by atoms with Gasteiger partial charge in [0.25, 0.3) is 0 Å². The van der Waals surface area contributed by atoms with Crippen LogP contribution in [0.25, 0.3) is 0 Å². The standard InChI is InChI=1S/C12H9F3N4O3S2/c1-18-5-7(22-8(20)6-3-2-4-23-6)19(11(18)21)10-17-16-9(24-10)12(13,14)15/h2-4,7H,5H2,1H3. The number of thiophene rings is 1. The van der Waals surface area contributed by atoms with Gasteiger partial charge in [-0.05, 0) is 11.4 Å². The van der Waals surface area contributed by atoms with Crippen LogP contribution in [0.2, 0.25) is 0 Å². The van der Waals surface area contributed by atoms with Crippen molar-refractivity contribution in [2.75, 3.05) is 18.5 Å². The molecule has 24 heavy (non-hydrogen) atoms. The fourth-order valence-electron chi connectivity index (χ4n) is 2.00. The number of hydrogen-bond acceptors (Lipinski definition) is 7. The Labute approximate surface area is 141 Å². The third-order valence-corrected chi connectivity index (χ3v) is 4.90. The van der Waals surface area contributed by atoms with Gasteiger partial charge in [-0.15, -0.1) is 21.5 Å². The average Bonchev–Trinajstić information content (AvgIpc) is 3.20. The summed E-state index contributed by atoms with van der Waals surface area (Å²) in [7, 11) is 1.44. The van der Waals surface area contributed by atoms with Gasteiger partial charge in [-0.25, -0.2) is 14.5 Å². The zero-order valence-electron chi connectivity index (χ0n) is 12.0. The number of ether oxygens (including phenoxy) is 1. The normalized spacial score (nSPS) is 18.3. The largest absolute Gasteiger partial charge is 0.445 e. The van der Waals surface area contributed by atoms with Crippen molar-refractivity contribution in [1.29, 1.82) is 0 Å². The van der Waals surface area contributed by atoms with Crippen molar-refractivity contribution in [2.45, 2.75) is 12.4 Å². The Morgan fingerprint density at radius 2 is 2.17 bits per heavy atom. The second-order valence-electron chi connectivity index (χ2n) is 4.76. The van der Waals surface area contributed by atoms with E-state index in [1.54, 1.807) is 17.5 Å². The van der Waals surface area contributed by atoms with Crippen LogP contribution in [-0.2, 0) is 10.9 Å². The van der Waals surface area contributed by atoms with Gasteiger partial charge in [0.2, 0.25) is 16.4 Å². The highest BCUT2D eigenvalue weighted by Gasteiger charge is 2.43. The summed E-state index contributed by atoms with van der Waals surface area (Å²) < 4.78 is 43.2. The molecule has 0 N–H and O–H groups in total. The third kappa shape index (κ3) is 3.06. The van der Waals surface area contributed by atoms with Crippen LogP contribution in [0.4, 0.5) is 23.1 Å². The summed E-state index contributed by atoms with van der Waals surface area (Å²) in [5.41, 5.74) is 0. The minimum Gasteiger partial charge on any atom is -0.435 e. The van der Waals surface area contributed by atoms with Crippen molar-refractivity contribution in [3.05, 3.63) is 27.4 Å². The molecule has 1 fully saturated rings. The van der Waals surface area contributed by atoms with Gasteiger partial charge in [-0.2, -0.15) is 13.2 Å². The van der Waals surface area contributed by atoms with Crippen molar-refractivity contribution < 1.29 is 27.5 Å². The molecule has 1 aliphatic rings. The van der Waals surface area contributed by atoms with Crippen LogP contribution in [0.1, 0.15) is 14.7 Å². The highest BCUT2D eigenvalue weighted by molar-refractivity contribution is 7.15. The predicted octanol–water partition coefficient (Wildman–Crippen LogP) is 2.67. The topological polar surface area (TPSA) is 75.6 Å². The number of urea groups is 1. The first-order valence-corrected chi connectivity index (χ1v) is 8.16. The minimum atomic E-state index is -4.66. The van der Waals surface area contributed by atoms with Crippen LogP contribution in [-0.4, -0.2) is 46.9 Å². The molecule has 1 unspecified atom stereocenters. The number of amides is 2. The zero-order valence-corrected chi connectivity index (χ0v) is 13.6. The van der Waals surface area contributed by atoms with E-state index in [-0.39, 0.29) is 23.0 Å². The van der Waals surface area contributed by atoms with Gasteiger partial charge in [-0.3, -0.25) is 0 Å². The van der Waals surface area contributed by atoms with Crippen LogP contribution in [0, 0.1) is 0 Å². The molecule has 3 heterocycles. The van der Waals surface area contributed by atoms with Crippen molar-refractivity contribution in [3.8, 4) is 0 Å². The van der Waals surface area contributed by atoms with Gasteiger partial charge < -0.3 is 9.64 Å². The number of aromatic nitrogens is 2. The van der Waals surface area contributed by atoms with Gasteiger partial charge in [0, 0.05) is 7.05 Å². The number of esters is 1. The fraction of sp³-hybridized carbons (Fsp3) is 0.333. The summed E-state index contributed by atoms with van der Waals surface area (Å²) in [5.74, 6) is -0.663. The van der Waals surface area contributed by atoms with Crippen LogP contribution < -0.4 is 4.90 Å². The Balaban J connectivity index is 1.84. The molecule has 2 aromatic heterocycles. The monoisotopic (exact) mass is 378 g/mol. The maximum absolute atomic E-state index is 12.7. The molecule has 0 saturated carbocycles. The van der Waals surface area contributed by atoms with Gasteiger partial charge in [0.1, 0.15) is 4.88 Å². The lowest BCUT2D eigenvalue weighted by atomic mass is 10.4. The maximum atomic E-state index is 12.7. The van der Waals surface area contributed by atoms with E-state index in [1.165, 1.54) is 11.9 Å². The molecule has 0 aliphatic carbocycles. The Bertz CT molecular complexity index is 762. The third-order valence-electron chi connectivity index (χ3n) is 3.08. The van der Waals surface area contributed by atoms with E-state index in [1.807, 2.05) is 0 Å². The van der Waals surface area contributed by atoms with Gasteiger partial charge in [0.15, 0.2) is 0 Å². The number of alkyl halides is 3. The molecular formula is C12H9F3N4O3S2. The molecule has 128 valence electrons. The number of halogens is 3. The lowest BCUT2D eigenvalue weighted by Crippen LogP contribution is -2.37. The minimum absolute atomic E-state index is 0.0108. The zero-order chi connectivity index (χ0) is 17.5. The second-order valence-corrected chi connectivity index (χ2v) is 6.66. The highest BCUT2D eigenvalue weighted by Crippen LogP contribution is 2.36. The summed E-state index contributed by atoms with van der Waals surface area (Å²) in [4.78, 5) is 26.6. The van der Waals surface area contributed by atoms with Crippen LogP contribution in [0.5, 0.6) is 0 Å². The molecule has 0 spiro atoms. The SMILES string of the molecule is CN1CC(OC(=O)c2cccs2)N(c2nnc(C(F)(F)F)s2)C1=O. The predicted molar refractivity (Wildman–Crippen MR) is 78.9 cm³/mol. The van der Waals surface area contributed by atoms with Gasteiger partial charge >= 0.3 is 18.2 Å². The summed E-state index contributed by atoms with van der Waals surface area (Å²) in [6.07, 6.45) is -5.74. The lowest BCUT2D eigenvalue weighted by Gasteiger charge is -2.19. The molecule has 1 saturated heterocycles. The Morgan fingerprint density at radius 1 is 1.42 bits per heavy atom. The molecule has 0 radical (unpaired) electrons. The molecular weight excluding hydrogens is 369 g/mol. The second kappa shape index (κ2) is 6.02. The number of carbonyl (C=O) groups excluding carboxylic acids is 2. The molecule has 7 nitrogen and oxygen atoms in total. The Kier molecular flexibility index (Phi) is 4.17. The highest BCUT2D eigenvalue weighted by atomic mass is 32.1. The Morgan fingerprint density at radius 3 is 2.75 bits per heavy atom. The average molecular weight is 378 g/mol. The van der Waals surface area contributed by atoms with E-state index < -0.39 is 29.4 Å². The Hall–Kier alpha value is -2.21. The van der Waals surface area contributed by atoms with Crippen molar-refractivity contribution >= 4 is 39.8 Å². The first-order valence-electron chi connectivity index (χ1n) is 6.47. The molecule has 2 aromatic rings. The van der Waals surface area contributed by atoms with Gasteiger partial charge in [-0.1, -0.05) is 17.4 Å². The van der Waals surface area contributed by atoms with Crippen molar-refractivity contribution in [1.82, 2.24) is 15.1 Å². The molecule has 0 aromatic carbocycles. The molecule has 1 atom stereocenters. The van der Waals surface area contributed by atoms with E-state index >= 15 is 0 Å². The number of nitrogens with zero attached hydrogens (tertiary/aromatic N) is 4. The molecule has 0 bridgehead atoms. The smallest absolute Gasteiger partial charge is 0.435 e. The first-order chi connectivity index (χ1) is 11.3. The number of carbonyl (C=O) groups is 2. The summed E-state index contributed by atoms with van der Waals surface area (Å²) >= 11 is 1.37. The van der Waals surface area contributed by atoms with E-state index in [0.29, 0.717) is 4.88 Å². The van der Waals surface area contributed by atoms with Crippen LogP contribution in [0.15, 0.2) is 17.5 Å². The van der Waals surface area contributed by atoms with Crippen molar-refractivity contribution in [3.63, 3.8) is 0 Å². The molecule has 12 heteroatoms. The van der Waals surface area contributed by atoms with E-state index in [9.17, 15) is 22.8 Å². The van der Waals surface area contributed by atoms with E-state index in [2.05, 4.69) is 10.2 Å². The summed E-state index contributed by atoms with van der Waals surface area (Å²) in [5, 5.41) is 6.68. The van der Waals surface area contributed by atoms with E-state index in [4.69, 9.17) is 4.74 Å². The van der Waals surface area contributed by atoms with Crippen molar-refractivity contribution in [2.24, 2.45) is 0 Å². The number of anilines is 1. The molecule has 1 aliphatic heterocycles. The van der Waals surface area contributed by atoms with Crippen LogP contribution in [0.3, 0.4) is 0 Å². The van der Waals surface area contributed by atoms with E-state index in [0.717, 1.165) is 16.2 Å². The molecule has 3 rings (SSSR count). The fourth-order valence-corrected chi connectivity index (χ4v) is 3.35. The first kappa shape index (κ1) is 16.6. The lowest BCUT2D eigenvalue weighted by molar-refractivity contribution is -0.138. The van der Waals surface area contributed by atoms with Gasteiger partial charge in [0.05, 0.1) is 6.54 Å².